The van der Waals surface area contributed by atoms with Gasteiger partial charge < -0.3 is 15.0 Å². The Bertz CT molecular complexity index is 639. The molecule has 0 atom stereocenters. The van der Waals surface area contributed by atoms with Crippen LogP contribution >= 0.6 is 0 Å². The first-order chi connectivity index (χ1) is 11.2. The first-order valence-corrected chi connectivity index (χ1v) is 7.69. The molecule has 0 N–H and O–H groups in total. The Balaban J connectivity index is 1.49. The SMILES string of the molecule is O=[N+]([O-])c1ccc(N2CCN(CCc3ccncc3)CC2)cn1. The molecule has 0 bridgehead atoms. The number of aromatic nitrogens is 2. The standard InChI is InChI=1S/C16H19N5O2/c22-21(23)16-2-1-15(13-18-16)20-11-9-19(10-12-20)8-5-14-3-6-17-7-4-14/h1-4,6-7,13H,5,8-12H2. The van der Waals surface area contributed by atoms with Crippen molar-refractivity contribution in [1.82, 2.24) is 14.9 Å². The molecule has 0 radical (unpaired) electrons. The van der Waals surface area contributed by atoms with Gasteiger partial charge in [-0.15, -0.1) is 0 Å². The molecule has 0 aromatic carbocycles. The Labute approximate surface area is 134 Å². The molecule has 7 heteroatoms. The minimum Gasteiger partial charge on any atom is -0.366 e. The van der Waals surface area contributed by atoms with Crippen molar-refractivity contribution in [3.05, 3.63) is 58.5 Å². The van der Waals surface area contributed by atoms with Gasteiger partial charge in [-0.3, -0.25) is 9.88 Å². The Morgan fingerprint density at radius 2 is 1.83 bits per heavy atom. The van der Waals surface area contributed by atoms with E-state index >= 15 is 0 Å². The summed E-state index contributed by atoms with van der Waals surface area (Å²) >= 11 is 0. The molecule has 1 fully saturated rings. The summed E-state index contributed by atoms with van der Waals surface area (Å²) in [6.45, 7) is 4.84. The predicted molar refractivity (Wildman–Crippen MR) is 87.5 cm³/mol. The molecule has 2 aromatic rings. The Morgan fingerprint density at radius 1 is 1.09 bits per heavy atom. The summed E-state index contributed by atoms with van der Waals surface area (Å²) in [7, 11) is 0. The molecule has 7 nitrogen and oxygen atoms in total. The molecule has 3 rings (SSSR count). The number of pyridine rings is 2. The topological polar surface area (TPSA) is 75.4 Å². The van der Waals surface area contributed by atoms with E-state index in [1.165, 1.54) is 11.6 Å². The average Bonchev–Trinajstić information content (AvgIpc) is 2.61. The van der Waals surface area contributed by atoms with Gasteiger partial charge in [-0.2, -0.15) is 0 Å². The van der Waals surface area contributed by atoms with Crippen molar-refractivity contribution in [3.8, 4) is 0 Å². The van der Waals surface area contributed by atoms with Gasteiger partial charge in [0.2, 0.25) is 0 Å². The Morgan fingerprint density at radius 3 is 2.43 bits per heavy atom. The molecule has 1 saturated heterocycles. The van der Waals surface area contributed by atoms with E-state index in [4.69, 9.17) is 0 Å². The minimum atomic E-state index is -0.471. The van der Waals surface area contributed by atoms with E-state index in [2.05, 4.69) is 31.9 Å². The molecular weight excluding hydrogens is 294 g/mol. The van der Waals surface area contributed by atoms with Crippen molar-refractivity contribution < 1.29 is 4.92 Å². The van der Waals surface area contributed by atoms with Crippen molar-refractivity contribution in [1.29, 1.82) is 0 Å². The lowest BCUT2D eigenvalue weighted by molar-refractivity contribution is -0.389. The van der Waals surface area contributed by atoms with E-state index in [1.54, 1.807) is 12.3 Å². The summed E-state index contributed by atoms with van der Waals surface area (Å²) in [4.78, 5) is 22.8. The highest BCUT2D eigenvalue weighted by Gasteiger charge is 2.18. The summed E-state index contributed by atoms with van der Waals surface area (Å²) in [5, 5.41) is 10.6. The fourth-order valence-electron chi connectivity index (χ4n) is 2.74. The van der Waals surface area contributed by atoms with E-state index in [0.717, 1.165) is 44.8 Å². The van der Waals surface area contributed by atoms with E-state index in [9.17, 15) is 10.1 Å². The fraction of sp³-hybridized carbons (Fsp3) is 0.375. The van der Waals surface area contributed by atoms with Crippen LogP contribution in [0.2, 0.25) is 0 Å². The number of anilines is 1. The number of rotatable bonds is 5. The van der Waals surface area contributed by atoms with Crippen molar-refractivity contribution in [2.24, 2.45) is 0 Å². The molecule has 0 aliphatic carbocycles. The van der Waals surface area contributed by atoms with Crippen molar-refractivity contribution in [3.63, 3.8) is 0 Å². The van der Waals surface area contributed by atoms with E-state index in [0.29, 0.717) is 0 Å². The first-order valence-electron chi connectivity index (χ1n) is 7.69. The van der Waals surface area contributed by atoms with Gasteiger partial charge in [0.15, 0.2) is 6.20 Å². The van der Waals surface area contributed by atoms with Gasteiger partial charge in [0.05, 0.1) is 5.69 Å². The fourth-order valence-corrected chi connectivity index (χ4v) is 2.74. The number of piperazine rings is 1. The third-order valence-electron chi connectivity index (χ3n) is 4.12. The molecule has 0 saturated carbocycles. The molecule has 0 amide bonds. The summed E-state index contributed by atoms with van der Waals surface area (Å²) in [5.41, 5.74) is 2.26. The van der Waals surface area contributed by atoms with Crippen LogP contribution in [0.15, 0.2) is 42.9 Å². The maximum Gasteiger partial charge on any atom is 0.363 e. The number of hydrogen-bond acceptors (Lipinski definition) is 6. The normalized spacial score (nSPS) is 15.6. The van der Waals surface area contributed by atoms with Gasteiger partial charge in [0.25, 0.3) is 0 Å². The molecule has 2 aromatic heterocycles. The monoisotopic (exact) mass is 313 g/mol. The second kappa shape index (κ2) is 7.15. The molecule has 0 spiro atoms. The van der Waals surface area contributed by atoms with Crippen LogP contribution in [0.3, 0.4) is 0 Å². The summed E-state index contributed by atoms with van der Waals surface area (Å²) in [6, 6.07) is 7.35. The van der Waals surface area contributed by atoms with Gasteiger partial charge in [-0.1, -0.05) is 0 Å². The van der Waals surface area contributed by atoms with Crippen LogP contribution in [-0.4, -0.2) is 52.5 Å². The highest BCUT2D eigenvalue weighted by atomic mass is 16.6. The van der Waals surface area contributed by atoms with Crippen LogP contribution in [0.1, 0.15) is 5.56 Å². The van der Waals surface area contributed by atoms with Gasteiger partial charge in [-0.25, -0.2) is 0 Å². The first kappa shape index (κ1) is 15.4. The zero-order valence-corrected chi connectivity index (χ0v) is 12.8. The van der Waals surface area contributed by atoms with E-state index < -0.39 is 4.92 Å². The number of hydrogen-bond donors (Lipinski definition) is 0. The molecule has 1 aliphatic heterocycles. The van der Waals surface area contributed by atoms with Crippen LogP contribution in [0.5, 0.6) is 0 Å². The molecular formula is C16H19N5O2. The van der Waals surface area contributed by atoms with E-state index in [1.807, 2.05) is 12.4 Å². The van der Waals surface area contributed by atoms with Gasteiger partial charge in [0, 0.05) is 51.2 Å². The van der Waals surface area contributed by atoms with Crippen LogP contribution in [-0.2, 0) is 6.42 Å². The van der Waals surface area contributed by atoms with Crippen LogP contribution in [0.25, 0.3) is 0 Å². The second-order valence-corrected chi connectivity index (χ2v) is 5.57. The molecule has 0 unspecified atom stereocenters. The quantitative estimate of drug-likeness (QED) is 0.618. The highest BCUT2D eigenvalue weighted by Crippen LogP contribution is 2.18. The Hall–Kier alpha value is -2.54. The largest absolute Gasteiger partial charge is 0.366 e. The zero-order valence-electron chi connectivity index (χ0n) is 12.8. The lowest BCUT2D eigenvalue weighted by Crippen LogP contribution is -2.47. The Kier molecular flexibility index (Phi) is 4.77. The zero-order chi connectivity index (χ0) is 16.1. The second-order valence-electron chi connectivity index (χ2n) is 5.57. The van der Waals surface area contributed by atoms with Gasteiger partial charge in [0.1, 0.15) is 0 Å². The molecule has 23 heavy (non-hydrogen) atoms. The predicted octanol–water partition coefficient (Wildman–Crippen LogP) is 1.75. The minimum absolute atomic E-state index is 0.107. The van der Waals surface area contributed by atoms with Gasteiger partial charge in [-0.05, 0) is 40.1 Å². The summed E-state index contributed by atoms with van der Waals surface area (Å²) in [5.74, 6) is -0.107. The van der Waals surface area contributed by atoms with Crippen molar-refractivity contribution in [2.75, 3.05) is 37.6 Å². The lowest BCUT2D eigenvalue weighted by Gasteiger charge is -2.35. The molecule has 3 heterocycles. The van der Waals surface area contributed by atoms with Crippen LogP contribution < -0.4 is 4.90 Å². The smallest absolute Gasteiger partial charge is 0.363 e. The maximum atomic E-state index is 10.6. The maximum absolute atomic E-state index is 10.6. The number of nitrogens with zero attached hydrogens (tertiary/aromatic N) is 5. The summed E-state index contributed by atoms with van der Waals surface area (Å²) < 4.78 is 0. The third kappa shape index (κ3) is 4.01. The third-order valence-corrected chi connectivity index (χ3v) is 4.12. The van der Waals surface area contributed by atoms with Gasteiger partial charge >= 0.3 is 5.82 Å². The van der Waals surface area contributed by atoms with Crippen molar-refractivity contribution in [2.45, 2.75) is 6.42 Å². The van der Waals surface area contributed by atoms with Crippen LogP contribution in [0, 0.1) is 10.1 Å². The van der Waals surface area contributed by atoms with Crippen LogP contribution in [0.4, 0.5) is 11.5 Å². The number of nitro groups is 1. The average molecular weight is 313 g/mol. The van der Waals surface area contributed by atoms with Crippen molar-refractivity contribution >= 4 is 11.5 Å². The molecule has 120 valence electrons. The van der Waals surface area contributed by atoms with E-state index in [-0.39, 0.29) is 5.82 Å². The highest BCUT2D eigenvalue weighted by molar-refractivity contribution is 5.46. The lowest BCUT2D eigenvalue weighted by atomic mass is 10.2. The molecule has 1 aliphatic rings. The summed E-state index contributed by atoms with van der Waals surface area (Å²) in [6.07, 6.45) is 6.27.